The molecule has 0 aliphatic carbocycles. The quantitative estimate of drug-likeness (QED) is 0.706. The number of benzene rings is 2. The van der Waals surface area contributed by atoms with Crippen LogP contribution in [0.15, 0.2) is 46.1 Å². The average molecular weight is 333 g/mol. The number of methoxy groups -OCH3 is 1. The van der Waals surface area contributed by atoms with Gasteiger partial charge < -0.3 is 15.5 Å². The molecular weight excluding hydrogens is 318 g/mol. The predicted molar refractivity (Wildman–Crippen MR) is 87.3 cm³/mol. The van der Waals surface area contributed by atoms with Crippen molar-refractivity contribution in [2.75, 3.05) is 12.8 Å². The lowest BCUT2D eigenvalue weighted by Gasteiger charge is -2.09. The van der Waals surface area contributed by atoms with Crippen LogP contribution in [0.3, 0.4) is 0 Å². The largest absolute Gasteiger partial charge is 0.496 e. The molecule has 120 valence electrons. The van der Waals surface area contributed by atoms with Gasteiger partial charge in [-0.05, 0) is 48.9 Å². The Morgan fingerprint density at radius 3 is 2.57 bits per heavy atom. The fourth-order valence-electron chi connectivity index (χ4n) is 2.45. The maximum absolute atomic E-state index is 12.9. The van der Waals surface area contributed by atoms with Gasteiger partial charge in [0.25, 0.3) is 10.0 Å². The first kappa shape index (κ1) is 15.2. The van der Waals surface area contributed by atoms with Gasteiger partial charge in [-0.1, -0.05) is 0 Å². The summed E-state index contributed by atoms with van der Waals surface area (Å²) in [5.74, 6) is 0.569. The molecule has 0 saturated carbocycles. The lowest BCUT2D eigenvalue weighted by atomic mass is 10.2. The molecule has 0 saturated heterocycles. The summed E-state index contributed by atoms with van der Waals surface area (Å²) in [6.07, 6.45) is 0. The van der Waals surface area contributed by atoms with Gasteiger partial charge in [0.15, 0.2) is 0 Å². The molecular formula is C15H15N3O4S. The summed E-state index contributed by atoms with van der Waals surface area (Å²) < 4.78 is 31.6. The van der Waals surface area contributed by atoms with Crippen LogP contribution in [0.1, 0.15) is 5.56 Å². The number of rotatable bonds is 3. The van der Waals surface area contributed by atoms with Crippen molar-refractivity contribution >= 4 is 26.7 Å². The van der Waals surface area contributed by atoms with Crippen molar-refractivity contribution in [3.8, 4) is 5.75 Å². The van der Waals surface area contributed by atoms with E-state index >= 15 is 0 Å². The number of aryl methyl sites for hydroxylation is 1. The number of aromatic amines is 1. The Morgan fingerprint density at radius 1 is 1.17 bits per heavy atom. The zero-order chi connectivity index (χ0) is 16.8. The minimum Gasteiger partial charge on any atom is -0.496 e. The number of imidazole rings is 1. The summed E-state index contributed by atoms with van der Waals surface area (Å²) >= 11 is 0. The standard InChI is InChI=1S/C15H15N3O4S/c1-9-7-11(4-6-14(9)22-2)23(20,21)18-13-8-10(16)3-5-12(13)17-15(18)19/h3-8H,16H2,1-2H3,(H,17,19). The van der Waals surface area contributed by atoms with Gasteiger partial charge in [0.05, 0.1) is 23.0 Å². The van der Waals surface area contributed by atoms with E-state index in [0.29, 0.717) is 22.5 Å². The minimum atomic E-state index is -4.06. The van der Waals surface area contributed by atoms with E-state index < -0.39 is 15.7 Å². The van der Waals surface area contributed by atoms with Gasteiger partial charge in [-0.3, -0.25) is 0 Å². The van der Waals surface area contributed by atoms with E-state index in [4.69, 9.17) is 10.5 Å². The van der Waals surface area contributed by atoms with Crippen LogP contribution < -0.4 is 16.2 Å². The number of hydrogen-bond donors (Lipinski definition) is 2. The highest BCUT2D eigenvalue weighted by Crippen LogP contribution is 2.24. The Balaban J connectivity index is 2.29. The highest BCUT2D eigenvalue weighted by Gasteiger charge is 2.23. The van der Waals surface area contributed by atoms with Gasteiger partial charge >= 0.3 is 5.69 Å². The van der Waals surface area contributed by atoms with Crippen LogP contribution in [0.25, 0.3) is 11.0 Å². The first-order chi connectivity index (χ1) is 10.8. The van der Waals surface area contributed by atoms with Crippen LogP contribution in [0.4, 0.5) is 5.69 Å². The van der Waals surface area contributed by atoms with Gasteiger partial charge in [-0.25, -0.2) is 13.2 Å². The Hall–Kier alpha value is -2.74. The molecule has 0 amide bonds. The third-order valence-electron chi connectivity index (χ3n) is 3.57. The molecule has 0 aliphatic rings. The summed E-state index contributed by atoms with van der Waals surface area (Å²) in [6.45, 7) is 1.73. The van der Waals surface area contributed by atoms with Crippen molar-refractivity contribution in [1.82, 2.24) is 8.96 Å². The van der Waals surface area contributed by atoms with E-state index in [1.165, 1.54) is 25.3 Å². The lowest BCUT2D eigenvalue weighted by Crippen LogP contribution is -2.25. The molecule has 23 heavy (non-hydrogen) atoms. The van der Waals surface area contributed by atoms with Crippen molar-refractivity contribution in [3.63, 3.8) is 0 Å². The molecule has 3 N–H and O–H groups in total. The number of H-pyrrole nitrogens is 1. The third-order valence-corrected chi connectivity index (χ3v) is 5.26. The van der Waals surface area contributed by atoms with Crippen LogP contribution in [-0.2, 0) is 10.0 Å². The van der Waals surface area contributed by atoms with Crippen LogP contribution >= 0.6 is 0 Å². The molecule has 0 fully saturated rings. The zero-order valence-electron chi connectivity index (χ0n) is 12.5. The Kier molecular flexibility index (Phi) is 3.41. The zero-order valence-corrected chi connectivity index (χ0v) is 13.3. The molecule has 3 aromatic rings. The van der Waals surface area contributed by atoms with E-state index in [-0.39, 0.29) is 10.4 Å². The van der Waals surface area contributed by atoms with Gasteiger partial charge in [0.1, 0.15) is 5.75 Å². The van der Waals surface area contributed by atoms with E-state index in [0.717, 1.165) is 3.97 Å². The van der Waals surface area contributed by atoms with Crippen LogP contribution in [0.2, 0.25) is 0 Å². The van der Waals surface area contributed by atoms with Gasteiger partial charge in [0, 0.05) is 5.69 Å². The van der Waals surface area contributed by atoms with Gasteiger partial charge in [-0.15, -0.1) is 0 Å². The minimum absolute atomic E-state index is 0.00113. The third kappa shape index (κ3) is 2.36. The van der Waals surface area contributed by atoms with E-state index in [9.17, 15) is 13.2 Å². The van der Waals surface area contributed by atoms with Crippen molar-refractivity contribution in [1.29, 1.82) is 0 Å². The molecule has 1 aromatic heterocycles. The summed E-state index contributed by atoms with van der Waals surface area (Å²) in [6, 6.07) is 9.02. The predicted octanol–water partition coefficient (Wildman–Crippen LogP) is 1.47. The molecule has 7 nitrogen and oxygen atoms in total. The number of nitrogens with one attached hydrogen (secondary N) is 1. The monoisotopic (exact) mass is 333 g/mol. The summed E-state index contributed by atoms with van der Waals surface area (Å²) in [4.78, 5) is 14.7. The Morgan fingerprint density at radius 2 is 1.91 bits per heavy atom. The van der Waals surface area contributed by atoms with E-state index in [2.05, 4.69) is 4.98 Å². The van der Waals surface area contributed by atoms with Crippen LogP contribution in [0.5, 0.6) is 5.75 Å². The maximum atomic E-state index is 12.9. The van der Waals surface area contributed by atoms with Crippen LogP contribution in [-0.4, -0.2) is 24.5 Å². The molecule has 1 heterocycles. The molecule has 2 aromatic carbocycles. The van der Waals surface area contributed by atoms with Gasteiger partial charge in [0.2, 0.25) is 0 Å². The molecule has 0 bridgehead atoms. The number of ether oxygens (including phenoxy) is 1. The second kappa shape index (κ2) is 5.17. The highest BCUT2D eigenvalue weighted by molar-refractivity contribution is 7.90. The summed E-state index contributed by atoms with van der Waals surface area (Å²) in [5.41, 5.74) is 6.60. The first-order valence-corrected chi connectivity index (χ1v) is 8.19. The van der Waals surface area contributed by atoms with Crippen molar-refractivity contribution in [3.05, 3.63) is 52.4 Å². The lowest BCUT2D eigenvalue weighted by molar-refractivity contribution is 0.411. The second-order valence-corrected chi connectivity index (χ2v) is 6.89. The summed E-state index contributed by atoms with van der Waals surface area (Å²) in [7, 11) is -2.55. The highest BCUT2D eigenvalue weighted by atomic mass is 32.2. The number of hydrogen-bond acceptors (Lipinski definition) is 5. The first-order valence-electron chi connectivity index (χ1n) is 6.75. The molecule has 0 radical (unpaired) electrons. The molecule has 8 heteroatoms. The number of aromatic nitrogens is 2. The molecule has 0 aliphatic heterocycles. The second-order valence-electron chi connectivity index (χ2n) is 5.11. The number of nitrogens with two attached hydrogens (primary N) is 1. The van der Waals surface area contributed by atoms with Gasteiger partial charge in [-0.2, -0.15) is 3.97 Å². The Bertz CT molecular complexity index is 1060. The fourth-order valence-corrected chi connectivity index (χ4v) is 3.90. The van der Waals surface area contributed by atoms with E-state index in [1.807, 2.05) is 0 Å². The number of nitrogen functional groups attached to an aromatic ring is 1. The molecule has 0 atom stereocenters. The van der Waals surface area contributed by atoms with Crippen LogP contribution in [0, 0.1) is 6.92 Å². The number of fused-ring (bicyclic) bond motifs is 1. The molecule has 0 unspecified atom stereocenters. The molecule has 0 spiro atoms. The smallest absolute Gasteiger partial charge is 0.340 e. The maximum Gasteiger partial charge on any atom is 0.340 e. The van der Waals surface area contributed by atoms with E-state index in [1.54, 1.807) is 25.1 Å². The van der Waals surface area contributed by atoms with Crippen molar-refractivity contribution in [2.45, 2.75) is 11.8 Å². The topological polar surface area (TPSA) is 107 Å². The SMILES string of the molecule is COc1ccc(S(=O)(=O)n2c(=O)[nH]c3ccc(N)cc32)cc1C. The number of anilines is 1. The number of nitrogens with zero attached hydrogens (tertiary/aromatic N) is 1. The van der Waals surface area contributed by atoms with Crippen molar-refractivity contribution in [2.24, 2.45) is 0 Å². The normalized spacial score (nSPS) is 11.7. The average Bonchev–Trinajstić information content (AvgIpc) is 2.82. The molecule has 3 rings (SSSR count). The fraction of sp³-hybridized carbons (Fsp3) is 0.133. The summed E-state index contributed by atoms with van der Waals surface area (Å²) in [5, 5.41) is 0. The van der Waals surface area contributed by atoms with Crippen molar-refractivity contribution < 1.29 is 13.2 Å². The Labute approximate surface area is 132 Å².